The highest BCUT2D eigenvalue weighted by atomic mass is 35.5. The van der Waals surface area contributed by atoms with E-state index >= 15 is 0 Å². The van der Waals surface area contributed by atoms with Gasteiger partial charge in [-0.1, -0.05) is 29.8 Å². The molecule has 0 unspecified atom stereocenters. The zero-order valence-electron chi connectivity index (χ0n) is 16.7. The van der Waals surface area contributed by atoms with Crippen LogP contribution >= 0.6 is 22.9 Å². The molecule has 3 aromatic rings. The van der Waals surface area contributed by atoms with Gasteiger partial charge in [0.15, 0.2) is 5.13 Å². The summed E-state index contributed by atoms with van der Waals surface area (Å²) in [6.45, 7) is 3.33. The molecule has 1 aromatic heterocycles. The number of halogens is 1. The number of rotatable bonds is 6. The Morgan fingerprint density at radius 2 is 1.97 bits per heavy atom. The number of amides is 2. The van der Waals surface area contributed by atoms with Crippen molar-refractivity contribution in [1.29, 1.82) is 0 Å². The predicted octanol–water partition coefficient (Wildman–Crippen LogP) is 5.45. The summed E-state index contributed by atoms with van der Waals surface area (Å²) in [5, 5.41) is 5.65. The zero-order chi connectivity index (χ0) is 21.7. The molecule has 0 aliphatic carbocycles. The molecule has 0 saturated carbocycles. The summed E-state index contributed by atoms with van der Waals surface area (Å²) in [7, 11) is 1.51. The first-order valence-corrected chi connectivity index (χ1v) is 10.3. The molecule has 30 heavy (non-hydrogen) atoms. The fraction of sp³-hybridized carbons (Fsp3) is 0.136. The highest BCUT2D eigenvalue weighted by molar-refractivity contribution is 7.14. The topological polar surface area (TPSA) is 71.5 Å². The highest BCUT2D eigenvalue weighted by Crippen LogP contribution is 2.31. The Balaban J connectivity index is 1.75. The van der Waals surface area contributed by atoms with Crippen molar-refractivity contribution in [2.75, 3.05) is 17.3 Å². The van der Waals surface area contributed by atoms with E-state index in [0.29, 0.717) is 27.3 Å². The van der Waals surface area contributed by atoms with Crippen LogP contribution in [0, 0.1) is 6.92 Å². The molecule has 1 heterocycles. The van der Waals surface area contributed by atoms with Crippen LogP contribution < -0.4 is 15.0 Å². The second-order valence-corrected chi connectivity index (χ2v) is 7.61. The number of methoxy groups -OCH3 is 1. The summed E-state index contributed by atoms with van der Waals surface area (Å²) in [6.07, 6.45) is 2.97. The van der Waals surface area contributed by atoms with Crippen molar-refractivity contribution < 1.29 is 14.3 Å². The Labute approximate surface area is 183 Å². The largest absolute Gasteiger partial charge is 0.495 e. The van der Waals surface area contributed by atoms with Gasteiger partial charge < -0.3 is 10.1 Å². The van der Waals surface area contributed by atoms with Crippen LogP contribution in [-0.4, -0.2) is 23.9 Å². The van der Waals surface area contributed by atoms with Gasteiger partial charge in [-0.3, -0.25) is 14.5 Å². The monoisotopic (exact) mass is 441 g/mol. The number of carbonyl (C=O) groups is 2. The van der Waals surface area contributed by atoms with Crippen LogP contribution in [0.5, 0.6) is 5.75 Å². The van der Waals surface area contributed by atoms with Crippen LogP contribution in [0.3, 0.4) is 0 Å². The van der Waals surface area contributed by atoms with Gasteiger partial charge in [0.05, 0.1) is 24.2 Å². The van der Waals surface area contributed by atoms with Crippen molar-refractivity contribution in [3.05, 3.63) is 70.2 Å². The fourth-order valence-corrected chi connectivity index (χ4v) is 3.73. The second-order valence-electron chi connectivity index (χ2n) is 6.37. The van der Waals surface area contributed by atoms with E-state index in [-0.39, 0.29) is 11.8 Å². The molecule has 0 atom stereocenters. The maximum Gasteiger partial charge on any atom is 0.248 e. The minimum absolute atomic E-state index is 0.144. The lowest BCUT2D eigenvalue weighted by atomic mass is 10.2. The molecule has 154 valence electrons. The van der Waals surface area contributed by atoms with Crippen molar-refractivity contribution in [2.24, 2.45) is 0 Å². The van der Waals surface area contributed by atoms with Gasteiger partial charge in [0, 0.05) is 29.5 Å². The van der Waals surface area contributed by atoms with E-state index in [1.807, 2.05) is 37.3 Å². The number of para-hydroxylation sites is 1. The van der Waals surface area contributed by atoms with Gasteiger partial charge in [0.25, 0.3) is 0 Å². The predicted molar refractivity (Wildman–Crippen MR) is 122 cm³/mol. The number of nitrogens with zero attached hydrogens (tertiary/aromatic N) is 2. The molecule has 0 saturated heterocycles. The number of thiazole rings is 1. The third-order valence-corrected chi connectivity index (χ3v) is 5.43. The molecule has 1 N–H and O–H groups in total. The van der Waals surface area contributed by atoms with Gasteiger partial charge in [-0.05, 0) is 36.8 Å². The Morgan fingerprint density at radius 3 is 2.63 bits per heavy atom. The van der Waals surface area contributed by atoms with E-state index in [1.165, 1.54) is 36.3 Å². The summed E-state index contributed by atoms with van der Waals surface area (Å²) in [6, 6.07) is 12.7. The molecule has 2 aromatic carbocycles. The molecular weight excluding hydrogens is 422 g/mol. The van der Waals surface area contributed by atoms with Crippen molar-refractivity contribution in [2.45, 2.75) is 13.8 Å². The van der Waals surface area contributed by atoms with Gasteiger partial charge in [0.2, 0.25) is 11.8 Å². The summed E-state index contributed by atoms with van der Waals surface area (Å²) >= 11 is 7.42. The molecule has 0 aliphatic rings. The number of nitrogens with one attached hydrogen (secondary N) is 1. The first kappa shape index (κ1) is 21.5. The molecule has 3 rings (SSSR count). The molecule has 0 radical (unpaired) electrons. The third kappa shape index (κ3) is 5.06. The van der Waals surface area contributed by atoms with E-state index < -0.39 is 0 Å². The van der Waals surface area contributed by atoms with Crippen molar-refractivity contribution in [3.8, 4) is 5.75 Å². The number of anilines is 3. The van der Waals surface area contributed by atoms with Gasteiger partial charge in [-0.2, -0.15) is 0 Å². The summed E-state index contributed by atoms with van der Waals surface area (Å²) in [5.74, 6) is -0.00617. The van der Waals surface area contributed by atoms with Gasteiger partial charge >= 0.3 is 0 Å². The van der Waals surface area contributed by atoms with E-state index in [2.05, 4.69) is 10.3 Å². The van der Waals surface area contributed by atoms with Crippen molar-refractivity contribution in [3.63, 3.8) is 0 Å². The lowest BCUT2D eigenvalue weighted by Gasteiger charge is -2.17. The van der Waals surface area contributed by atoms with Crippen molar-refractivity contribution >= 4 is 57.3 Å². The summed E-state index contributed by atoms with van der Waals surface area (Å²) < 4.78 is 5.27. The smallest absolute Gasteiger partial charge is 0.248 e. The number of carbonyl (C=O) groups excluding carboxylic acids is 2. The number of hydrogen-bond acceptors (Lipinski definition) is 5. The van der Waals surface area contributed by atoms with Gasteiger partial charge in [-0.25, -0.2) is 4.98 Å². The first-order chi connectivity index (χ1) is 14.4. The lowest BCUT2D eigenvalue weighted by Crippen LogP contribution is -2.22. The maximum absolute atomic E-state index is 12.3. The molecule has 0 bridgehead atoms. The summed E-state index contributed by atoms with van der Waals surface area (Å²) in [5.41, 5.74) is 2.66. The van der Waals surface area contributed by atoms with E-state index in [4.69, 9.17) is 16.3 Å². The lowest BCUT2D eigenvalue weighted by molar-refractivity contribution is -0.116. The Bertz CT molecular complexity index is 1100. The maximum atomic E-state index is 12.3. The highest BCUT2D eigenvalue weighted by Gasteiger charge is 2.17. The van der Waals surface area contributed by atoms with E-state index in [1.54, 1.807) is 23.6 Å². The number of hydrogen-bond donors (Lipinski definition) is 1. The standard InChI is InChI=1S/C22H20ClN3O3S/c1-14-11-19(20(29-3)12-18(14)23)25-21(28)10-9-16-13-30-22(24-16)26(15(2)27)17-7-5-4-6-8-17/h4-13H,1-3H3,(H,25,28). The Kier molecular flexibility index (Phi) is 6.87. The van der Waals surface area contributed by atoms with E-state index in [9.17, 15) is 9.59 Å². The Hall–Kier alpha value is -3.16. The van der Waals surface area contributed by atoms with Crippen LogP contribution in [-0.2, 0) is 9.59 Å². The molecule has 0 aliphatic heterocycles. The van der Waals surface area contributed by atoms with Crippen LogP contribution in [0.1, 0.15) is 18.2 Å². The zero-order valence-corrected chi connectivity index (χ0v) is 18.3. The third-order valence-electron chi connectivity index (χ3n) is 4.17. The first-order valence-electron chi connectivity index (χ1n) is 9.03. The molecule has 0 spiro atoms. The number of ether oxygens (including phenoxy) is 1. The minimum atomic E-state index is -0.337. The average molecular weight is 442 g/mol. The van der Waals surface area contributed by atoms with Gasteiger partial charge in [-0.15, -0.1) is 11.3 Å². The molecule has 0 fully saturated rings. The van der Waals surface area contributed by atoms with Crippen molar-refractivity contribution in [1.82, 2.24) is 4.98 Å². The van der Waals surface area contributed by atoms with Gasteiger partial charge in [0.1, 0.15) is 5.75 Å². The molecule has 8 heteroatoms. The van der Waals surface area contributed by atoms with Crippen LogP contribution in [0.15, 0.2) is 53.9 Å². The normalized spacial score (nSPS) is 10.8. The van der Waals surface area contributed by atoms with Crippen LogP contribution in [0.4, 0.5) is 16.5 Å². The molecule has 2 amide bonds. The quantitative estimate of drug-likeness (QED) is 0.516. The Morgan fingerprint density at radius 1 is 1.23 bits per heavy atom. The number of aryl methyl sites for hydroxylation is 1. The summed E-state index contributed by atoms with van der Waals surface area (Å²) in [4.78, 5) is 30.5. The SMILES string of the molecule is COc1cc(Cl)c(C)cc1NC(=O)C=Cc1csc(N(C(C)=O)c2ccccc2)n1. The second kappa shape index (κ2) is 9.56. The number of benzene rings is 2. The fourth-order valence-electron chi connectivity index (χ4n) is 2.72. The molecular formula is C22H20ClN3O3S. The van der Waals surface area contributed by atoms with E-state index in [0.717, 1.165) is 11.3 Å². The van der Waals surface area contributed by atoms with Crippen LogP contribution in [0.25, 0.3) is 6.08 Å². The average Bonchev–Trinajstić information content (AvgIpc) is 3.18. The minimum Gasteiger partial charge on any atom is -0.495 e. The number of aromatic nitrogens is 1. The molecule has 6 nitrogen and oxygen atoms in total. The van der Waals surface area contributed by atoms with Crippen LogP contribution in [0.2, 0.25) is 5.02 Å².